The highest BCUT2D eigenvalue weighted by molar-refractivity contribution is 8.00. The van der Waals surface area contributed by atoms with Gasteiger partial charge in [0.25, 0.3) is 0 Å². The number of halogens is 3. The van der Waals surface area contributed by atoms with E-state index in [-0.39, 0.29) is 22.7 Å². The van der Waals surface area contributed by atoms with Crippen molar-refractivity contribution in [2.75, 3.05) is 0 Å². The third kappa shape index (κ3) is 4.85. The number of thiophene rings is 1. The van der Waals surface area contributed by atoms with Crippen LogP contribution in [-0.2, 0) is 6.54 Å². The second-order valence-corrected chi connectivity index (χ2v) is 6.27. The van der Waals surface area contributed by atoms with Gasteiger partial charge in [-0.05, 0) is 58.8 Å². The standard InChI is InChI=1S/C14H14F3NS2/c1-10(12-6-7-19-9-12)18-8-11-2-4-13(5-3-11)20-14(15,16)17/h2-7,9-10,18H,8H2,1H3. The average Bonchev–Trinajstić information content (AvgIpc) is 2.89. The summed E-state index contributed by atoms with van der Waals surface area (Å²) < 4.78 is 36.6. The SMILES string of the molecule is CC(NCc1ccc(SC(F)(F)F)cc1)c1ccsc1. The van der Waals surface area contributed by atoms with Gasteiger partial charge in [0.05, 0.1) is 0 Å². The van der Waals surface area contributed by atoms with Crippen molar-refractivity contribution in [1.29, 1.82) is 0 Å². The molecule has 1 heterocycles. The molecule has 0 bridgehead atoms. The van der Waals surface area contributed by atoms with E-state index in [0.29, 0.717) is 6.54 Å². The summed E-state index contributed by atoms with van der Waals surface area (Å²) in [4.78, 5) is 0.215. The molecule has 1 aromatic carbocycles. The molecule has 0 saturated heterocycles. The maximum Gasteiger partial charge on any atom is 0.446 e. The molecule has 1 nitrogen and oxygen atoms in total. The Labute approximate surface area is 124 Å². The summed E-state index contributed by atoms with van der Waals surface area (Å²) in [6.45, 7) is 2.70. The van der Waals surface area contributed by atoms with E-state index in [9.17, 15) is 13.2 Å². The molecule has 20 heavy (non-hydrogen) atoms. The predicted octanol–water partition coefficient (Wildman–Crippen LogP) is 5.21. The van der Waals surface area contributed by atoms with Gasteiger partial charge in [0.15, 0.2) is 0 Å². The molecule has 1 N–H and O–H groups in total. The second kappa shape index (κ2) is 6.65. The first kappa shape index (κ1) is 15.4. The second-order valence-electron chi connectivity index (χ2n) is 4.35. The topological polar surface area (TPSA) is 12.0 Å². The number of alkyl halides is 3. The van der Waals surface area contributed by atoms with Crippen LogP contribution in [0.4, 0.5) is 13.2 Å². The number of nitrogens with one attached hydrogen (secondary N) is 1. The molecule has 1 atom stereocenters. The zero-order chi connectivity index (χ0) is 14.6. The van der Waals surface area contributed by atoms with Gasteiger partial charge in [-0.3, -0.25) is 0 Å². The van der Waals surface area contributed by atoms with Gasteiger partial charge in [0.1, 0.15) is 0 Å². The molecular formula is C14H14F3NS2. The third-order valence-electron chi connectivity index (χ3n) is 2.81. The van der Waals surface area contributed by atoms with Crippen molar-refractivity contribution in [3.63, 3.8) is 0 Å². The Morgan fingerprint density at radius 2 is 1.90 bits per heavy atom. The van der Waals surface area contributed by atoms with Crippen LogP contribution in [0.15, 0.2) is 46.0 Å². The maximum absolute atomic E-state index is 12.2. The van der Waals surface area contributed by atoms with E-state index in [2.05, 4.69) is 23.7 Å². The molecule has 0 aliphatic carbocycles. The molecule has 0 spiro atoms. The Morgan fingerprint density at radius 3 is 2.45 bits per heavy atom. The summed E-state index contributed by atoms with van der Waals surface area (Å²) >= 11 is 1.56. The minimum Gasteiger partial charge on any atom is -0.306 e. The summed E-state index contributed by atoms with van der Waals surface area (Å²) in [5.41, 5.74) is -2.04. The highest BCUT2D eigenvalue weighted by Crippen LogP contribution is 2.36. The maximum atomic E-state index is 12.2. The van der Waals surface area contributed by atoms with Gasteiger partial charge in [0.2, 0.25) is 0 Å². The van der Waals surface area contributed by atoms with Crippen LogP contribution in [0.1, 0.15) is 24.1 Å². The summed E-state index contributed by atoms with van der Waals surface area (Å²) in [6, 6.07) is 8.74. The smallest absolute Gasteiger partial charge is 0.306 e. The van der Waals surface area contributed by atoms with Crippen molar-refractivity contribution in [3.8, 4) is 0 Å². The molecule has 0 aliphatic heterocycles. The Hall–Kier alpha value is -0.980. The monoisotopic (exact) mass is 317 g/mol. The van der Waals surface area contributed by atoms with Gasteiger partial charge in [-0.1, -0.05) is 12.1 Å². The van der Waals surface area contributed by atoms with E-state index in [1.54, 1.807) is 23.5 Å². The van der Waals surface area contributed by atoms with E-state index < -0.39 is 5.51 Å². The van der Waals surface area contributed by atoms with E-state index in [4.69, 9.17) is 0 Å². The van der Waals surface area contributed by atoms with Crippen LogP contribution in [0.3, 0.4) is 0 Å². The molecule has 2 rings (SSSR count). The van der Waals surface area contributed by atoms with Crippen LogP contribution in [-0.4, -0.2) is 5.51 Å². The van der Waals surface area contributed by atoms with Crippen LogP contribution >= 0.6 is 23.1 Å². The lowest BCUT2D eigenvalue weighted by molar-refractivity contribution is -0.0328. The normalized spacial score (nSPS) is 13.4. The first-order valence-corrected chi connectivity index (χ1v) is 7.80. The number of benzene rings is 1. The summed E-state index contributed by atoms with van der Waals surface area (Å²) in [7, 11) is 0. The Morgan fingerprint density at radius 1 is 1.20 bits per heavy atom. The molecule has 6 heteroatoms. The van der Waals surface area contributed by atoms with Gasteiger partial charge in [0, 0.05) is 17.5 Å². The fourth-order valence-corrected chi connectivity index (χ4v) is 3.01. The van der Waals surface area contributed by atoms with Gasteiger partial charge in [-0.25, -0.2) is 0 Å². The van der Waals surface area contributed by atoms with Gasteiger partial charge in [-0.2, -0.15) is 24.5 Å². The fourth-order valence-electron chi connectivity index (χ4n) is 1.72. The van der Waals surface area contributed by atoms with Crippen LogP contribution in [0.25, 0.3) is 0 Å². The van der Waals surface area contributed by atoms with Crippen molar-refractivity contribution in [3.05, 3.63) is 52.2 Å². The van der Waals surface area contributed by atoms with Crippen LogP contribution in [0, 0.1) is 0 Å². The first-order chi connectivity index (χ1) is 9.44. The molecule has 1 unspecified atom stereocenters. The summed E-state index contributed by atoms with van der Waals surface area (Å²) in [6.07, 6.45) is 0. The average molecular weight is 317 g/mol. The summed E-state index contributed by atoms with van der Waals surface area (Å²) in [5, 5.41) is 7.46. The van der Waals surface area contributed by atoms with Gasteiger partial charge < -0.3 is 5.32 Å². The molecule has 1 aromatic heterocycles. The van der Waals surface area contributed by atoms with Gasteiger partial charge in [-0.15, -0.1) is 0 Å². The largest absolute Gasteiger partial charge is 0.446 e. The fraction of sp³-hybridized carbons (Fsp3) is 0.286. The summed E-state index contributed by atoms with van der Waals surface area (Å²) in [5.74, 6) is 0. The van der Waals surface area contributed by atoms with Crippen molar-refractivity contribution < 1.29 is 13.2 Å². The zero-order valence-corrected chi connectivity index (χ0v) is 12.4. The van der Waals surface area contributed by atoms with Crippen LogP contribution < -0.4 is 5.32 Å². The highest BCUT2D eigenvalue weighted by Gasteiger charge is 2.28. The minimum atomic E-state index is -4.23. The van der Waals surface area contributed by atoms with Crippen molar-refractivity contribution in [1.82, 2.24) is 5.32 Å². The molecule has 0 amide bonds. The number of hydrogen-bond donors (Lipinski definition) is 1. The van der Waals surface area contributed by atoms with Crippen LogP contribution in [0.5, 0.6) is 0 Å². The predicted molar refractivity (Wildman–Crippen MR) is 77.9 cm³/mol. The molecule has 2 aromatic rings. The Bertz CT molecular complexity index is 520. The first-order valence-electron chi connectivity index (χ1n) is 6.04. The molecule has 0 aliphatic rings. The van der Waals surface area contributed by atoms with Crippen molar-refractivity contribution in [2.24, 2.45) is 0 Å². The van der Waals surface area contributed by atoms with E-state index in [1.165, 1.54) is 17.7 Å². The van der Waals surface area contributed by atoms with Crippen molar-refractivity contribution in [2.45, 2.75) is 29.9 Å². The zero-order valence-electron chi connectivity index (χ0n) is 10.8. The van der Waals surface area contributed by atoms with E-state index in [1.807, 2.05) is 5.38 Å². The van der Waals surface area contributed by atoms with Gasteiger partial charge >= 0.3 is 5.51 Å². The number of hydrogen-bond acceptors (Lipinski definition) is 3. The Kier molecular flexibility index (Phi) is 5.12. The lowest BCUT2D eigenvalue weighted by Gasteiger charge is -2.13. The molecule has 0 saturated carbocycles. The number of thioether (sulfide) groups is 1. The number of rotatable bonds is 5. The van der Waals surface area contributed by atoms with E-state index >= 15 is 0 Å². The molecule has 0 radical (unpaired) electrons. The van der Waals surface area contributed by atoms with Crippen LogP contribution in [0.2, 0.25) is 0 Å². The lowest BCUT2D eigenvalue weighted by atomic mass is 10.1. The quantitative estimate of drug-likeness (QED) is 0.760. The molecule has 108 valence electrons. The molecular weight excluding hydrogens is 303 g/mol. The highest BCUT2D eigenvalue weighted by atomic mass is 32.2. The van der Waals surface area contributed by atoms with E-state index in [0.717, 1.165) is 5.56 Å². The molecule has 0 fully saturated rings. The van der Waals surface area contributed by atoms with Crippen molar-refractivity contribution >= 4 is 23.1 Å². The minimum absolute atomic E-state index is 0.0872. The lowest BCUT2D eigenvalue weighted by Crippen LogP contribution is -2.17. The Balaban J connectivity index is 1.88. The third-order valence-corrected chi connectivity index (χ3v) is 4.25.